The molecule has 0 saturated carbocycles. The monoisotopic (exact) mass is 278 g/mol. The van der Waals surface area contributed by atoms with E-state index in [9.17, 15) is 19.7 Å². The molecule has 0 aromatic heterocycles. The van der Waals surface area contributed by atoms with Gasteiger partial charge in [-0.15, -0.1) is 0 Å². The number of carbonyl (C=O) groups is 2. The van der Waals surface area contributed by atoms with Crippen LogP contribution < -0.4 is 5.32 Å². The van der Waals surface area contributed by atoms with E-state index in [1.165, 1.54) is 6.07 Å². The molecule has 1 atom stereocenters. The summed E-state index contributed by atoms with van der Waals surface area (Å²) >= 11 is 0. The molecule has 1 saturated heterocycles. The van der Waals surface area contributed by atoms with Crippen LogP contribution in [0.1, 0.15) is 28.8 Å². The standard InChI is InChI=1S/C13H14N2O5/c1-8-3-2-4-10(12(8)15(18)19)13(17)20-7-9-5-6-11(16)14-9/h2-4,9H,5-7H2,1H3,(H,14,16). The van der Waals surface area contributed by atoms with Crippen molar-refractivity contribution in [1.82, 2.24) is 5.32 Å². The van der Waals surface area contributed by atoms with Gasteiger partial charge in [-0.2, -0.15) is 0 Å². The van der Waals surface area contributed by atoms with E-state index < -0.39 is 10.9 Å². The number of benzene rings is 1. The average molecular weight is 278 g/mol. The fourth-order valence-corrected chi connectivity index (χ4v) is 2.12. The fraction of sp³-hybridized carbons (Fsp3) is 0.385. The molecule has 1 aliphatic heterocycles. The molecule has 1 aliphatic rings. The number of carbonyl (C=O) groups excluding carboxylic acids is 2. The molecule has 0 bridgehead atoms. The van der Waals surface area contributed by atoms with Crippen LogP contribution in [0, 0.1) is 17.0 Å². The van der Waals surface area contributed by atoms with Gasteiger partial charge in [-0.25, -0.2) is 4.79 Å². The number of ether oxygens (including phenoxy) is 1. The van der Waals surface area contributed by atoms with Crippen molar-refractivity contribution < 1.29 is 19.2 Å². The Kier molecular flexibility index (Phi) is 3.97. The number of para-hydroxylation sites is 1. The summed E-state index contributed by atoms with van der Waals surface area (Å²) in [6.45, 7) is 1.59. The highest BCUT2D eigenvalue weighted by molar-refractivity contribution is 5.94. The van der Waals surface area contributed by atoms with Gasteiger partial charge in [-0.05, 0) is 19.4 Å². The van der Waals surface area contributed by atoms with Gasteiger partial charge in [0.15, 0.2) is 0 Å². The fourth-order valence-electron chi connectivity index (χ4n) is 2.12. The maximum Gasteiger partial charge on any atom is 0.345 e. The number of nitrogens with zero attached hydrogens (tertiary/aromatic N) is 1. The Hall–Kier alpha value is -2.44. The average Bonchev–Trinajstić information content (AvgIpc) is 2.81. The Morgan fingerprint density at radius 3 is 2.90 bits per heavy atom. The molecule has 1 fully saturated rings. The molecule has 1 heterocycles. The third kappa shape index (κ3) is 2.93. The van der Waals surface area contributed by atoms with E-state index in [0.717, 1.165) is 0 Å². The van der Waals surface area contributed by atoms with Crippen LogP contribution in [0.2, 0.25) is 0 Å². The number of nitro groups is 1. The molecule has 106 valence electrons. The van der Waals surface area contributed by atoms with Crippen LogP contribution in [0.5, 0.6) is 0 Å². The molecule has 1 amide bonds. The normalized spacial score (nSPS) is 17.6. The van der Waals surface area contributed by atoms with Crippen molar-refractivity contribution in [2.24, 2.45) is 0 Å². The molecule has 0 spiro atoms. The topological polar surface area (TPSA) is 98.5 Å². The largest absolute Gasteiger partial charge is 0.460 e. The van der Waals surface area contributed by atoms with Gasteiger partial charge in [0.2, 0.25) is 5.91 Å². The van der Waals surface area contributed by atoms with Gasteiger partial charge < -0.3 is 10.1 Å². The molecular formula is C13H14N2O5. The smallest absolute Gasteiger partial charge is 0.345 e. The second-order valence-corrected chi connectivity index (χ2v) is 4.63. The van der Waals surface area contributed by atoms with Crippen LogP contribution in [-0.4, -0.2) is 29.4 Å². The minimum absolute atomic E-state index is 0.0235. The molecule has 1 unspecified atom stereocenters. The third-order valence-electron chi connectivity index (χ3n) is 3.14. The van der Waals surface area contributed by atoms with Crippen molar-refractivity contribution in [3.05, 3.63) is 39.4 Å². The van der Waals surface area contributed by atoms with Crippen molar-refractivity contribution in [3.63, 3.8) is 0 Å². The van der Waals surface area contributed by atoms with E-state index in [1.807, 2.05) is 0 Å². The first kappa shape index (κ1) is 14.0. The maximum absolute atomic E-state index is 11.9. The molecule has 1 aromatic carbocycles. The minimum Gasteiger partial charge on any atom is -0.460 e. The summed E-state index contributed by atoms with van der Waals surface area (Å²) in [4.78, 5) is 33.3. The number of esters is 1. The number of rotatable bonds is 4. The van der Waals surface area contributed by atoms with Gasteiger partial charge in [0.05, 0.1) is 11.0 Å². The lowest BCUT2D eigenvalue weighted by atomic mass is 10.1. The van der Waals surface area contributed by atoms with E-state index >= 15 is 0 Å². The van der Waals surface area contributed by atoms with Crippen molar-refractivity contribution >= 4 is 17.6 Å². The molecule has 7 nitrogen and oxygen atoms in total. The SMILES string of the molecule is Cc1cccc(C(=O)OCC2CCC(=O)N2)c1[N+](=O)[O-]. The lowest BCUT2D eigenvalue weighted by Gasteiger charge is -2.11. The summed E-state index contributed by atoms with van der Waals surface area (Å²) in [5.74, 6) is -0.825. The third-order valence-corrected chi connectivity index (χ3v) is 3.14. The predicted molar refractivity (Wildman–Crippen MR) is 69.3 cm³/mol. The van der Waals surface area contributed by atoms with Gasteiger partial charge in [0, 0.05) is 12.0 Å². The zero-order chi connectivity index (χ0) is 14.7. The molecule has 1 aromatic rings. The molecule has 0 radical (unpaired) electrons. The van der Waals surface area contributed by atoms with Crippen LogP contribution >= 0.6 is 0 Å². The highest BCUT2D eigenvalue weighted by Gasteiger charge is 2.26. The summed E-state index contributed by atoms with van der Waals surface area (Å²) in [6, 6.07) is 4.28. The summed E-state index contributed by atoms with van der Waals surface area (Å²) in [5.41, 5.74) is 0.0888. The highest BCUT2D eigenvalue weighted by atomic mass is 16.6. The molecule has 2 rings (SSSR count). The quantitative estimate of drug-likeness (QED) is 0.509. The second kappa shape index (κ2) is 5.68. The number of aryl methyl sites for hydroxylation is 1. The van der Waals surface area contributed by atoms with Crippen molar-refractivity contribution in [1.29, 1.82) is 0 Å². The number of nitro benzene ring substituents is 1. The zero-order valence-corrected chi connectivity index (χ0v) is 10.9. The summed E-state index contributed by atoms with van der Waals surface area (Å²) in [7, 11) is 0. The van der Waals surface area contributed by atoms with E-state index in [0.29, 0.717) is 18.4 Å². The lowest BCUT2D eigenvalue weighted by Crippen LogP contribution is -2.30. The number of nitrogens with one attached hydrogen (secondary N) is 1. The summed E-state index contributed by atoms with van der Waals surface area (Å²) < 4.78 is 5.05. The number of amides is 1. The Labute approximate surface area is 115 Å². The van der Waals surface area contributed by atoms with Crippen LogP contribution in [0.25, 0.3) is 0 Å². The van der Waals surface area contributed by atoms with Crippen LogP contribution in [0.4, 0.5) is 5.69 Å². The van der Waals surface area contributed by atoms with E-state index in [2.05, 4.69) is 5.32 Å². The lowest BCUT2D eigenvalue weighted by molar-refractivity contribution is -0.385. The first-order valence-corrected chi connectivity index (χ1v) is 6.19. The van der Waals surface area contributed by atoms with Crippen molar-refractivity contribution in [2.45, 2.75) is 25.8 Å². The van der Waals surface area contributed by atoms with Crippen LogP contribution in [0.3, 0.4) is 0 Å². The van der Waals surface area contributed by atoms with Crippen LogP contribution in [-0.2, 0) is 9.53 Å². The van der Waals surface area contributed by atoms with E-state index in [1.54, 1.807) is 19.1 Å². The van der Waals surface area contributed by atoms with Gasteiger partial charge >= 0.3 is 5.97 Å². The van der Waals surface area contributed by atoms with Crippen molar-refractivity contribution in [2.75, 3.05) is 6.61 Å². The molecule has 1 N–H and O–H groups in total. The zero-order valence-electron chi connectivity index (χ0n) is 10.9. The Morgan fingerprint density at radius 2 is 2.30 bits per heavy atom. The minimum atomic E-state index is -0.749. The van der Waals surface area contributed by atoms with E-state index in [-0.39, 0.29) is 29.8 Å². The van der Waals surface area contributed by atoms with Gasteiger partial charge in [-0.3, -0.25) is 14.9 Å². The molecule has 20 heavy (non-hydrogen) atoms. The first-order chi connectivity index (χ1) is 9.49. The molecular weight excluding hydrogens is 264 g/mol. The van der Waals surface area contributed by atoms with Crippen molar-refractivity contribution in [3.8, 4) is 0 Å². The first-order valence-electron chi connectivity index (χ1n) is 6.19. The van der Waals surface area contributed by atoms with E-state index in [4.69, 9.17) is 4.74 Å². The summed E-state index contributed by atoms with van der Waals surface area (Å²) in [5, 5.41) is 13.7. The molecule has 7 heteroatoms. The van der Waals surface area contributed by atoms with Gasteiger partial charge in [0.25, 0.3) is 5.69 Å². The van der Waals surface area contributed by atoms with Gasteiger partial charge in [0.1, 0.15) is 12.2 Å². The number of hydrogen-bond donors (Lipinski definition) is 1. The molecule has 0 aliphatic carbocycles. The Balaban J connectivity index is 2.08. The predicted octanol–water partition coefficient (Wildman–Crippen LogP) is 1.34. The Morgan fingerprint density at radius 1 is 1.55 bits per heavy atom. The maximum atomic E-state index is 11.9. The summed E-state index contributed by atoms with van der Waals surface area (Å²) in [6.07, 6.45) is 1.01. The van der Waals surface area contributed by atoms with Gasteiger partial charge in [-0.1, -0.05) is 12.1 Å². The number of hydrogen-bond acceptors (Lipinski definition) is 5. The second-order valence-electron chi connectivity index (χ2n) is 4.63. The highest BCUT2D eigenvalue weighted by Crippen LogP contribution is 2.23. The van der Waals surface area contributed by atoms with Crippen LogP contribution in [0.15, 0.2) is 18.2 Å². The Bertz CT molecular complexity index is 570.